The number of rotatable bonds is 6. The van der Waals surface area contributed by atoms with E-state index >= 15 is 0 Å². The molecule has 1 aliphatic rings. The summed E-state index contributed by atoms with van der Waals surface area (Å²) < 4.78 is 25.6. The first kappa shape index (κ1) is 13.4. The summed E-state index contributed by atoms with van der Waals surface area (Å²) in [6.45, 7) is 1.86. The van der Waals surface area contributed by atoms with Crippen molar-refractivity contribution in [1.82, 2.24) is 4.72 Å². The number of hydrogen-bond acceptors (Lipinski definition) is 3. The number of aliphatic carboxylic acids is 1. The number of carboxylic acids is 1. The van der Waals surface area contributed by atoms with Crippen LogP contribution >= 0.6 is 0 Å². The Morgan fingerprint density at radius 3 is 2.50 bits per heavy atom. The first-order valence-electron chi connectivity index (χ1n) is 5.62. The van der Waals surface area contributed by atoms with Crippen LogP contribution in [0.2, 0.25) is 0 Å². The highest BCUT2D eigenvalue weighted by molar-refractivity contribution is 7.89. The summed E-state index contributed by atoms with van der Waals surface area (Å²) in [6.07, 6.45) is 4.09. The van der Waals surface area contributed by atoms with E-state index in [1.54, 1.807) is 0 Å². The molecule has 0 aromatic heterocycles. The largest absolute Gasteiger partial charge is 0.481 e. The van der Waals surface area contributed by atoms with Crippen molar-refractivity contribution < 1.29 is 18.3 Å². The van der Waals surface area contributed by atoms with Crippen molar-refractivity contribution >= 4 is 16.0 Å². The zero-order valence-electron chi connectivity index (χ0n) is 9.48. The SMILES string of the molecule is CC(NS(=O)(=O)CCC(=O)O)C1CCCC1. The normalized spacial score (nSPS) is 19.8. The van der Waals surface area contributed by atoms with Gasteiger partial charge in [0.2, 0.25) is 10.0 Å². The molecule has 0 bridgehead atoms. The summed E-state index contributed by atoms with van der Waals surface area (Å²) in [5.41, 5.74) is 0. The fourth-order valence-corrected chi connectivity index (χ4v) is 3.44. The van der Waals surface area contributed by atoms with Gasteiger partial charge in [-0.3, -0.25) is 4.79 Å². The standard InChI is InChI=1S/C10H19NO4S/c1-8(9-4-2-3-5-9)11-16(14,15)7-6-10(12)13/h8-9,11H,2-7H2,1H3,(H,12,13). The van der Waals surface area contributed by atoms with Crippen molar-refractivity contribution in [3.8, 4) is 0 Å². The summed E-state index contributed by atoms with van der Waals surface area (Å²) in [5.74, 6) is -1.02. The Labute approximate surface area is 96.3 Å². The number of nitrogens with one attached hydrogen (secondary N) is 1. The lowest BCUT2D eigenvalue weighted by Gasteiger charge is -2.19. The van der Waals surface area contributed by atoms with Crippen LogP contribution in [0.15, 0.2) is 0 Å². The van der Waals surface area contributed by atoms with Crippen molar-refractivity contribution in [2.75, 3.05) is 5.75 Å². The van der Waals surface area contributed by atoms with Gasteiger partial charge in [-0.1, -0.05) is 12.8 Å². The molecule has 1 saturated carbocycles. The van der Waals surface area contributed by atoms with E-state index in [4.69, 9.17) is 5.11 Å². The molecule has 1 unspecified atom stereocenters. The second-order valence-corrected chi connectivity index (χ2v) is 6.29. The lowest BCUT2D eigenvalue weighted by Crippen LogP contribution is -2.38. The van der Waals surface area contributed by atoms with Crippen molar-refractivity contribution in [2.45, 2.75) is 45.1 Å². The molecule has 1 fully saturated rings. The summed E-state index contributed by atoms with van der Waals surface area (Å²) in [6, 6.07) is -0.0821. The van der Waals surface area contributed by atoms with Crippen molar-refractivity contribution in [3.63, 3.8) is 0 Å². The van der Waals surface area contributed by atoms with Crippen LogP contribution in [0.25, 0.3) is 0 Å². The molecule has 0 aromatic carbocycles. The third-order valence-electron chi connectivity index (χ3n) is 3.06. The van der Waals surface area contributed by atoms with Crippen LogP contribution in [-0.2, 0) is 14.8 Å². The quantitative estimate of drug-likeness (QED) is 0.734. The van der Waals surface area contributed by atoms with E-state index in [9.17, 15) is 13.2 Å². The highest BCUT2D eigenvalue weighted by Gasteiger charge is 2.25. The zero-order valence-corrected chi connectivity index (χ0v) is 10.3. The summed E-state index contributed by atoms with van der Waals surface area (Å²) in [4.78, 5) is 10.3. The maximum atomic E-state index is 11.5. The zero-order chi connectivity index (χ0) is 12.2. The summed E-state index contributed by atoms with van der Waals surface area (Å²) in [7, 11) is -3.44. The number of carbonyl (C=O) groups is 1. The molecule has 94 valence electrons. The maximum Gasteiger partial charge on any atom is 0.304 e. The van der Waals surface area contributed by atoms with E-state index in [0.29, 0.717) is 5.92 Å². The Bertz CT molecular complexity index is 333. The van der Waals surface area contributed by atoms with Gasteiger partial charge in [0.1, 0.15) is 0 Å². The molecule has 1 atom stereocenters. The van der Waals surface area contributed by atoms with E-state index in [-0.39, 0.29) is 18.2 Å². The molecular weight excluding hydrogens is 230 g/mol. The van der Waals surface area contributed by atoms with Crippen LogP contribution in [-0.4, -0.2) is 31.3 Å². The van der Waals surface area contributed by atoms with Gasteiger partial charge >= 0.3 is 5.97 Å². The van der Waals surface area contributed by atoms with E-state index in [2.05, 4.69) is 4.72 Å². The molecule has 0 aliphatic heterocycles. The Morgan fingerprint density at radius 1 is 1.44 bits per heavy atom. The highest BCUT2D eigenvalue weighted by Crippen LogP contribution is 2.27. The smallest absolute Gasteiger partial charge is 0.304 e. The van der Waals surface area contributed by atoms with Crippen molar-refractivity contribution in [1.29, 1.82) is 0 Å². The molecule has 2 N–H and O–H groups in total. The molecule has 0 amide bonds. The van der Waals surface area contributed by atoms with Crippen LogP contribution in [0.3, 0.4) is 0 Å². The Balaban J connectivity index is 2.41. The minimum Gasteiger partial charge on any atom is -0.481 e. The van der Waals surface area contributed by atoms with Crippen LogP contribution in [0.4, 0.5) is 0 Å². The maximum absolute atomic E-state index is 11.5. The van der Waals surface area contributed by atoms with E-state index < -0.39 is 16.0 Å². The van der Waals surface area contributed by atoms with Gasteiger partial charge in [-0.25, -0.2) is 13.1 Å². The minimum absolute atomic E-state index is 0.0821. The molecule has 16 heavy (non-hydrogen) atoms. The fourth-order valence-electron chi connectivity index (χ4n) is 2.12. The second kappa shape index (κ2) is 5.63. The lowest BCUT2D eigenvalue weighted by atomic mass is 10.0. The first-order valence-corrected chi connectivity index (χ1v) is 7.28. The molecule has 0 radical (unpaired) electrons. The Morgan fingerprint density at radius 2 is 2.00 bits per heavy atom. The molecule has 5 nitrogen and oxygen atoms in total. The molecular formula is C10H19NO4S. The van der Waals surface area contributed by atoms with Crippen LogP contribution in [0, 0.1) is 5.92 Å². The average Bonchev–Trinajstić information content (AvgIpc) is 2.67. The first-order chi connectivity index (χ1) is 7.41. The molecule has 1 rings (SSSR count). The van der Waals surface area contributed by atoms with Gasteiger partial charge in [0.25, 0.3) is 0 Å². The van der Waals surface area contributed by atoms with E-state index in [0.717, 1.165) is 25.7 Å². The second-order valence-electron chi connectivity index (χ2n) is 4.41. The molecule has 0 aromatic rings. The lowest BCUT2D eigenvalue weighted by molar-refractivity contribution is -0.136. The number of hydrogen-bond donors (Lipinski definition) is 2. The van der Waals surface area contributed by atoms with Crippen LogP contribution in [0.5, 0.6) is 0 Å². The van der Waals surface area contributed by atoms with E-state index in [1.807, 2.05) is 6.92 Å². The number of carboxylic acid groups (broad SMARTS) is 1. The molecule has 0 spiro atoms. The van der Waals surface area contributed by atoms with Gasteiger partial charge in [0, 0.05) is 6.04 Å². The van der Waals surface area contributed by atoms with Gasteiger partial charge in [0.05, 0.1) is 12.2 Å². The summed E-state index contributed by atoms with van der Waals surface area (Å²) in [5, 5.41) is 8.43. The monoisotopic (exact) mass is 249 g/mol. The molecule has 0 saturated heterocycles. The van der Waals surface area contributed by atoms with Crippen molar-refractivity contribution in [2.24, 2.45) is 5.92 Å². The molecule has 0 heterocycles. The third kappa shape index (κ3) is 4.49. The van der Waals surface area contributed by atoms with Crippen LogP contribution < -0.4 is 4.72 Å². The van der Waals surface area contributed by atoms with E-state index in [1.165, 1.54) is 0 Å². The van der Waals surface area contributed by atoms with Crippen molar-refractivity contribution in [3.05, 3.63) is 0 Å². The molecule has 1 aliphatic carbocycles. The number of sulfonamides is 1. The third-order valence-corrected chi connectivity index (χ3v) is 4.53. The van der Waals surface area contributed by atoms with Crippen LogP contribution in [0.1, 0.15) is 39.0 Å². The predicted molar refractivity (Wildman–Crippen MR) is 60.6 cm³/mol. The summed E-state index contributed by atoms with van der Waals surface area (Å²) >= 11 is 0. The van der Waals surface area contributed by atoms with Gasteiger partial charge in [-0.2, -0.15) is 0 Å². The highest BCUT2D eigenvalue weighted by atomic mass is 32.2. The fraction of sp³-hybridized carbons (Fsp3) is 0.900. The van der Waals surface area contributed by atoms with Gasteiger partial charge in [0.15, 0.2) is 0 Å². The minimum atomic E-state index is -3.44. The average molecular weight is 249 g/mol. The predicted octanol–water partition coefficient (Wildman–Crippen LogP) is 0.959. The molecule has 6 heteroatoms. The topological polar surface area (TPSA) is 83.5 Å². The van der Waals surface area contributed by atoms with Gasteiger partial charge < -0.3 is 5.11 Å². The Kier molecular flexibility index (Phi) is 4.73. The van der Waals surface area contributed by atoms with Gasteiger partial charge in [-0.15, -0.1) is 0 Å². The van der Waals surface area contributed by atoms with Gasteiger partial charge in [-0.05, 0) is 25.7 Å². The Hall–Kier alpha value is -0.620.